The summed E-state index contributed by atoms with van der Waals surface area (Å²) < 4.78 is 40.0. The normalized spacial score (nSPS) is 20.1. The molecular formula is C22H22F2N4O5. The molecule has 9 nitrogen and oxygen atoms in total. The van der Waals surface area contributed by atoms with Gasteiger partial charge in [0, 0.05) is 24.6 Å². The van der Waals surface area contributed by atoms with Gasteiger partial charge in [-0.1, -0.05) is 0 Å². The Morgan fingerprint density at radius 2 is 1.45 bits per heavy atom. The van der Waals surface area contributed by atoms with Crippen molar-refractivity contribution in [1.29, 1.82) is 0 Å². The monoisotopic (exact) mass is 460 g/mol. The summed E-state index contributed by atoms with van der Waals surface area (Å²) in [7, 11) is 0. The van der Waals surface area contributed by atoms with Gasteiger partial charge in [-0.25, -0.2) is 18.4 Å². The van der Waals surface area contributed by atoms with Crippen molar-refractivity contribution in [3.8, 4) is 11.1 Å². The minimum absolute atomic E-state index is 0.00160. The van der Waals surface area contributed by atoms with E-state index in [2.05, 4.69) is 5.32 Å². The first-order valence-corrected chi connectivity index (χ1v) is 10.3. The van der Waals surface area contributed by atoms with Crippen molar-refractivity contribution in [3.05, 3.63) is 48.0 Å². The van der Waals surface area contributed by atoms with Crippen molar-refractivity contribution in [2.45, 2.75) is 19.1 Å². The Morgan fingerprint density at radius 3 is 1.88 bits per heavy atom. The standard InChI is InChI=1S/C22H22F2N4O5/c1-12(29)26-9-16-11-28(22(31)33-16)14-3-5-18(20(24)7-14)17-4-2-13(6-19(17)23)27-10-15(8-25)32-21(27)30/h2-7,15-16H,8-11,25H2,1H3,(H,26,29)/t15-,16+/m0/s1. The Labute approximate surface area is 188 Å². The average molecular weight is 460 g/mol. The van der Waals surface area contributed by atoms with Crippen LogP contribution >= 0.6 is 0 Å². The highest BCUT2D eigenvalue weighted by molar-refractivity contribution is 5.91. The number of anilines is 2. The fourth-order valence-corrected chi connectivity index (χ4v) is 3.73. The van der Waals surface area contributed by atoms with E-state index >= 15 is 0 Å². The van der Waals surface area contributed by atoms with Crippen LogP contribution in [0.15, 0.2) is 36.4 Å². The molecule has 2 aromatic rings. The molecule has 174 valence electrons. The SMILES string of the molecule is CC(=O)NC[C@@H]1CN(c2ccc(-c3ccc(N4C[C@H](CN)OC4=O)cc3F)c(F)c2)C(=O)O1. The van der Waals surface area contributed by atoms with Crippen LogP contribution in [0.3, 0.4) is 0 Å². The van der Waals surface area contributed by atoms with Gasteiger partial charge in [0.05, 0.1) is 31.0 Å². The zero-order valence-corrected chi connectivity index (χ0v) is 17.7. The van der Waals surface area contributed by atoms with E-state index in [0.29, 0.717) is 0 Å². The first kappa shape index (κ1) is 22.5. The maximum Gasteiger partial charge on any atom is 0.414 e. The van der Waals surface area contributed by atoms with Gasteiger partial charge >= 0.3 is 12.2 Å². The van der Waals surface area contributed by atoms with Crippen molar-refractivity contribution in [2.24, 2.45) is 5.73 Å². The minimum atomic E-state index is -0.735. The molecule has 3 amide bonds. The number of ether oxygens (including phenoxy) is 2. The van der Waals surface area contributed by atoms with Gasteiger partial charge in [0.2, 0.25) is 5.91 Å². The molecule has 2 heterocycles. The maximum atomic E-state index is 14.9. The molecule has 33 heavy (non-hydrogen) atoms. The summed E-state index contributed by atoms with van der Waals surface area (Å²) in [6, 6.07) is 7.97. The van der Waals surface area contributed by atoms with Gasteiger partial charge in [0.25, 0.3) is 0 Å². The Kier molecular flexibility index (Phi) is 6.14. The average Bonchev–Trinajstić information content (AvgIpc) is 3.34. The van der Waals surface area contributed by atoms with E-state index in [1.54, 1.807) is 0 Å². The topological polar surface area (TPSA) is 114 Å². The van der Waals surface area contributed by atoms with E-state index < -0.39 is 36.0 Å². The number of benzene rings is 2. The Hall–Kier alpha value is -3.73. The summed E-state index contributed by atoms with van der Waals surface area (Å²) in [6.07, 6.45) is -2.32. The van der Waals surface area contributed by atoms with E-state index in [9.17, 15) is 23.2 Å². The minimum Gasteiger partial charge on any atom is -0.443 e. The van der Waals surface area contributed by atoms with Crippen LogP contribution in [0.2, 0.25) is 0 Å². The molecule has 2 atom stereocenters. The van der Waals surface area contributed by atoms with Crippen LogP contribution in [-0.2, 0) is 14.3 Å². The highest BCUT2D eigenvalue weighted by Gasteiger charge is 2.33. The third kappa shape index (κ3) is 4.58. The first-order valence-electron chi connectivity index (χ1n) is 10.3. The van der Waals surface area contributed by atoms with Gasteiger partial charge in [0.15, 0.2) is 0 Å². The second-order valence-electron chi connectivity index (χ2n) is 7.73. The summed E-state index contributed by atoms with van der Waals surface area (Å²) in [6.45, 7) is 1.98. The number of carbonyl (C=O) groups excluding carboxylic acids is 3. The fourth-order valence-electron chi connectivity index (χ4n) is 3.73. The number of nitrogens with one attached hydrogen (secondary N) is 1. The second-order valence-corrected chi connectivity index (χ2v) is 7.73. The number of hydrogen-bond acceptors (Lipinski definition) is 6. The van der Waals surface area contributed by atoms with Crippen LogP contribution in [0, 0.1) is 11.6 Å². The number of nitrogens with two attached hydrogens (primary N) is 1. The Balaban J connectivity index is 1.52. The molecule has 0 spiro atoms. The Bertz CT molecular complexity index is 1110. The highest BCUT2D eigenvalue weighted by atomic mass is 19.1. The summed E-state index contributed by atoms with van der Waals surface area (Å²) in [5.41, 5.74) is 6.03. The quantitative estimate of drug-likeness (QED) is 0.684. The Morgan fingerprint density at radius 1 is 0.970 bits per heavy atom. The predicted octanol–water partition coefficient (Wildman–Crippen LogP) is 2.38. The molecule has 2 aromatic carbocycles. The lowest BCUT2D eigenvalue weighted by molar-refractivity contribution is -0.119. The van der Waals surface area contributed by atoms with E-state index in [4.69, 9.17) is 15.2 Å². The van der Waals surface area contributed by atoms with E-state index in [-0.39, 0.29) is 54.6 Å². The van der Waals surface area contributed by atoms with Crippen LogP contribution < -0.4 is 20.9 Å². The van der Waals surface area contributed by atoms with Gasteiger partial charge in [-0.3, -0.25) is 14.6 Å². The predicted molar refractivity (Wildman–Crippen MR) is 115 cm³/mol. The smallest absolute Gasteiger partial charge is 0.414 e. The molecule has 3 N–H and O–H groups in total. The van der Waals surface area contributed by atoms with Crippen LogP contribution in [0.25, 0.3) is 11.1 Å². The number of rotatable bonds is 6. The zero-order valence-electron chi connectivity index (χ0n) is 17.7. The number of hydrogen-bond donors (Lipinski definition) is 2. The lowest BCUT2D eigenvalue weighted by atomic mass is 10.0. The molecule has 0 saturated carbocycles. The van der Waals surface area contributed by atoms with Crippen molar-refractivity contribution in [1.82, 2.24) is 5.32 Å². The van der Waals surface area contributed by atoms with E-state index in [1.807, 2.05) is 0 Å². The van der Waals surface area contributed by atoms with Crippen molar-refractivity contribution < 1.29 is 32.6 Å². The molecule has 4 rings (SSSR count). The third-order valence-corrected chi connectivity index (χ3v) is 5.41. The van der Waals surface area contributed by atoms with Gasteiger partial charge in [0.1, 0.15) is 23.8 Å². The van der Waals surface area contributed by atoms with E-state index in [1.165, 1.54) is 41.0 Å². The molecule has 2 aliphatic rings. The summed E-state index contributed by atoms with van der Waals surface area (Å²) in [4.78, 5) is 37.6. The van der Waals surface area contributed by atoms with E-state index in [0.717, 1.165) is 12.1 Å². The van der Waals surface area contributed by atoms with Gasteiger partial charge in [-0.05, 0) is 36.4 Å². The maximum absolute atomic E-state index is 14.9. The van der Waals surface area contributed by atoms with Crippen LogP contribution in [0.1, 0.15) is 6.92 Å². The molecule has 11 heteroatoms. The molecule has 0 bridgehead atoms. The molecule has 2 saturated heterocycles. The lowest BCUT2D eigenvalue weighted by Crippen LogP contribution is -2.33. The summed E-state index contributed by atoms with van der Waals surface area (Å²) >= 11 is 0. The number of amides is 3. The van der Waals surface area contributed by atoms with Crippen LogP contribution in [0.4, 0.5) is 29.7 Å². The molecular weight excluding hydrogens is 438 g/mol. The first-order chi connectivity index (χ1) is 15.8. The highest BCUT2D eigenvalue weighted by Crippen LogP contribution is 2.33. The van der Waals surface area contributed by atoms with Crippen LogP contribution in [0.5, 0.6) is 0 Å². The molecule has 2 aliphatic heterocycles. The fraction of sp³-hybridized carbons (Fsp3) is 0.318. The van der Waals surface area contributed by atoms with Gasteiger partial charge in [-0.2, -0.15) is 0 Å². The molecule has 2 fully saturated rings. The third-order valence-electron chi connectivity index (χ3n) is 5.41. The lowest BCUT2D eigenvalue weighted by Gasteiger charge is -2.16. The largest absolute Gasteiger partial charge is 0.443 e. The summed E-state index contributed by atoms with van der Waals surface area (Å²) in [5, 5.41) is 2.56. The van der Waals surface area contributed by atoms with Crippen molar-refractivity contribution in [3.63, 3.8) is 0 Å². The van der Waals surface area contributed by atoms with Crippen molar-refractivity contribution >= 4 is 29.5 Å². The molecule has 0 aromatic heterocycles. The number of cyclic esters (lactones) is 2. The summed E-state index contributed by atoms with van der Waals surface area (Å²) in [5.74, 6) is -1.71. The van der Waals surface area contributed by atoms with Crippen LogP contribution in [-0.4, -0.2) is 56.5 Å². The van der Waals surface area contributed by atoms with Gasteiger partial charge < -0.3 is 20.5 Å². The molecule has 0 aliphatic carbocycles. The number of nitrogens with zero attached hydrogens (tertiary/aromatic N) is 2. The second kappa shape index (κ2) is 9.02. The zero-order chi connectivity index (χ0) is 23.7. The number of carbonyl (C=O) groups is 3. The van der Waals surface area contributed by atoms with Crippen molar-refractivity contribution in [2.75, 3.05) is 36.0 Å². The van der Waals surface area contributed by atoms with Gasteiger partial charge in [-0.15, -0.1) is 0 Å². The number of halogens is 2. The molecule has 0 unspecified atom stereocenters. The molecule has 0 radical (unpaired) electrons.